The molecule has 0 spiro atoms. The van der Waals surface area contributed by atoms with Crippen molar-refractivity contribution < 1.29 is 22.4 Å². The number of H-pyrrole nitrogens is 2. The highest BCUT2D eigenvalue weighted by Gasteiger charge is 2.63. The number of carbonyl (C=O) groups is 1. The zero-order valence-electron chi connectivity index (χ0n) is 20.1. The number of imidazole rings is 1. The number of nitrogens with one attached hydrogen (secondary N) is 2. The average Bonchev–Trinajstić information content (AvgIpc) is 3.47. The topological polar surface area (TPSA) is 116 Å². The number of hydrogen-bond acceptors (Lipinski definition) is 5. The Bertz CT molecular complexity index is 1570. The minimum Gasteiger partial charge on any atom is -0.326 e. The third-order valence-electron chi connectivity index (χ3n) is 6.78. The van der Waals surface area contributed by atoms with Crippen LogP contribution in [0.25, 0.3) is 5.57 Å². The van der Waals surface area contributed by atoms with Crippen LogP contribution in [-0.2, 0) is 0 Å². The molecule has 3 aromatic rings. The quantitative estimate of drug-likeness (QED) is 0.376. The van der Waals surface area contributed by atoms with E-state index in [1.165, 1.54) is 29.2 Å². The molecule has 1 saturated carbocycles. The van der Waals surface area contributed by atoms with Gasteiger partial charge >= 0.3 is 17.5 Å². The summed E-state index contributed by atoms with van der Waals surface area (Å²) in [6.07, 6.45) is 5.04. The molecular weight excluding hydrogens is 508 g/mol. The second-order valence-electron chi connectivity index (χ2n) is 9.44. The van der Waals surface area contributed by atoms with Crippen LogP contribution in [0.3, 0.4) is 0 Å². The summed E-state index contributed by atoms with van der Waals surface area (Å²) >= 11 is 0. The van der Waals surface area contributed by atoms with E-state index in [9.17, 15) is 31.9 Å². The van der Waals surface area contributed by atoms with Crippen LogP contribution in [0.1, 0.15) is 46.6 Å². The van der Waals surface area contributed by atoms with Crippen molar-refractivity contribution in [2.75, 3.05) is 13.1 Å². The maximum atomic E-state index is 13.6. The molecule has 0 unspecified atom stereocenters. The number of amides is 1. The summed E-state index contributed by atoms with van der Waals surface area (Å²) in [4.78, 5) is 45.4. The predicted octanol–water partition coefficient (Wildman–Crippen LogP) is 3.08. The molecule has 2 N–H and O–H groups in total. The summed E-state index contributed by atoms with van der Waals surface area (Å²) in [6.45, 7) is 3.08. The second-order valence-corrected chi connectivity index (χ2v) is 9.44. The summed E-state index contributed by atoms with van der Waals surface area (Å²) in [5, 5.41) is 4.41. The highest BCUT2D eigenvalue weighted by atomic mass is 19.3. The van der Waals surface area contributed by atoms with E-state index in [-0.39, 0.29) is 23.0 Å². The molecule has 13 heteroatoms. The van der Waals surface area contributed by atoms with Gasteiger partial charge in [-0.1, -0.05) is 18.7 Å². The van der Waals surface area contributed by atoms with E-state index in [0.29, 0.717) is 28.4 Å². The number of nitrogens with zero attached hydrogens (tertiary/aromatic N) is 4. The normalized spacial score (nSPS) is 21.9. The number of aromatic nitrogens is 4. The third-order valence-corrected chi connectivity index (χ3v) is 6.78. The Morgan fingerprint density at radius 2 is 1.89 bits per heavy atom. The summed E-state index contributed by atoms with van der Waals surface area (Å²) in [5.74, 6) is -9.08. The maximum Gasteiger partial charge on any atom is 0.329 e. The number of halogens is 4. The molecule has 0 radical (unpaired) electrons. The van der Waals surface area contributed by atoms with Crippen LogP contribution in [0.4, 0.5) is 17.6 Å². The predicted molar refractivity (Wildman–Crippen MR) is 130 cm³/mol. The lowest BCUT2D eigenvalue weighted by atomic mass is 10.0. The van der Waals surface area contributed by atoms with E-state index in [0.717, 1.165) is 5.56 Å². The van der Waals surface area contributed by atoms with Crippen molar-refractivity contribution in [3.8, 4) is 0 Å². The number of carbonyl (C=O) groups excluding carboxylic acids is 1. The number of alkyl halides is 4. The molecule has 38 heavy (non-hydrogen) atoms. The molecule has 2 aliphatic rings. The highest BCUT2D eigenvalue weighted by Crippen LogP contribution is 2.54. The Morgan fingerprint density at radius 3 is 2.58 bits per heavy atom. The summed E-state index contributed by atoms with van der Waals surface area (Å²) < 4.78 is 55.8. The molecular formula is C25H22F4N6O3. The van der Waals surface area contributed by atoms with E-state index in [1.807, 2.05) is 0 Å². The first kappa shape index (κ1) is 25.4. The number of aromatic amines is 2. The van der Waals surface area contributed by atoms with Gasteiger partial charge in [-0.3, -0.25) is 14.6 Å². The molecule has 1 saturated heterocycles. The lowest BCUT2D eigenvalue weighted by Gasteiger charge is -2.15. The number of likely N-dealkylation sites (tertiary alicyclic amines) is 1. The second kappa shape index (κ2) is 8.92. The van der Waals surface area contributed by atoms with Crippen LogP contribution in [0.5, 0.6) is 0 Å². The first-order valence-electron chi connectivity index (χ1n) is 11.6. The van der Waals surface area contributed by atoms with E-state index in [4.69, 9.17) is 0 Å². The zero-order valence-corrected chi connectivity index (χ0v) is 20.1. The van der Waals surface area contributed by atoms with Crippen LogP contribution in [0, 0.1) is 5.92 Å². The smallest absolute Gasteiger partial charge is 0.326 e. The van der Waals surface area contributed by atoms with Gasteiger partial charge in [0.05, 0.1) is 24.4 Å². The van der Waals surface area contributed by atoms with Crippen molar-refractivity contribution >= 4 is 17.2 Å². The molecule has 2 atom stereocenters. The lowest BCUT2D eigenvalue weighted by Crippen LogP contribution is -2.38. The first-order valence-corrected chi connectivity index (χ1v) is 11.6. The standard InChI is InChI=1S/C25H22F4N6O3/c1-13(20-30-6-7-35(20)33-14(2)19-10-31-23(38)32-21(19)36)17-9-18(17)15-4-3-5-16(8-15)22(37)34-11-24(26,27)25(28,29)12-34/h3-8,10,17-18H,1,9,11-12H2,2H3,(H2,31,32,36,38)/b33-14+/t17-,18-/m1/s1. The summed E-state index contributed by atoms with van der Waals surface area (Å²) in [7, 11) is 0. The number of hydrogen-bond donors (Lipinski definition) is 2. The van der Waals surface area contributed by atoms with E-state index in [1.54, 1.807) is 25.3 Å². The van der Waals surface area contributed by atoms with E-state index >= 15 is 0 Å². The van der Waals surface area contributed by atoms with Gasteiger partial charge in [-0.15, -0.1) is 0 Å². The van der Waals surface area contributed by atoms with Gasteiger partial charge in [-0.25, -0.2) is 14.5 Å². The molecule has 1 aliphatic carbocycles. The highest BCUT2D eigenvalue weighted by molar-refractivity contribution is 5.98. The van der Waals surface area contributed by atoms with Crippen molar-refractivity contribution in [1.82, 2.24) is 24.5 Å². The minimum atomic E-state index is -4.27. The van der Waals surface area contributed by atoms with Gasteiger partial charge in [0.25, 0.3) is 11.5 Å². The van der Waals surface area contributed by atoms with E-state index < -0.39 is 42.1 Å². The van der Waals surface area contributed by atoms with Gasteiger partial charge in [-0.2, -0.15) is 22.7 Å². The summed E-state index contributed by atoms with van der Waals surface area (Å²) in [6, 6.07) is 6.31. The average molecular weight is 530 g/mol. The van der Waals surface area contributed by atoms with Crippen molar-refractivity contribution in [3.05, 3.63) is 92.8 Å². The molecule has 5 rings (SSSR count). The third kappa shape index (κ3) is 4.48. The molecule has 2 aromatic heterocycles. The molecule has 2 fully saturated rings. The molecule has 1 aromatic carbocycles. The molecule has 0 bridgehead atoms. The minimum absolute atomic E-state index is 0.0472. The van der Waals surface area contributed by atoms with Crippen molar-refractivity contribution in [1.29, 1.82) is 0 Å². The van der Waals surface area contributed by atoms with Gasteiger partial charge in [0, 0.05) is 24.2 Å². The fourth-order valence-corrected chi connectivity index (χ4v) is 4.61. The summed E-state index contributed by atoms with van der Waals surface area (Å²) in [5.41, 5.74) is 0.735. The first-order chi connectivity index (χ1) is 17.9. The largest absolute Gasteiger partial charge is 0.329 e. The van der Waals surface area contributed by atoms with Gasteiger partial charge in [0.2, 0.25) is 0 Å². The monoisotopic (exact) mass is 530 g/mol. The van der Waals surface area contributed by atoms with Crippen LogP contribution >= 0.6 is 0 Å². The Hall–Kier alpha value is -4.29. The Labute approximate surface area is 212 Å². The Balaban J connectivity index is 1.32. The zero-order chi connectivity index (χ0) is 27.4. The number of rotatable bonds is 6. The Morgan fingerprint density at radius 1 is 1.18 bits per heavy atom. The molecule has 1 aliphatic heterocycles. The number of allylic oxidation sites excluding steroid dienone is 1. The fraction of sp³-hybridized carbons (Fsp3) is 0.320. The van der Waals surface area contributed by atoms with Crippen LogP contribution in [0.2, 0.25) is 0 Å². The fourth-order valence-electron chi connectivity index (χ4n) is 4.61. The van der Waals surface area contributed by atoms with Gasteiger partial charge < -0.3 is 9.88 Å². The van der Waals surface area contributed by atoms with Gasteiger partial charge in [0.1, 0.15) is 0 Å². The van der Waals surface area contributed by atoms with Crippen LogP contribution < -0.4 is 11.2 Å². The van der Waals surface area contributed by atoms with E-state index in [2.05, 4.69) is 26.6 Å². The van der Waals surface area contributed by atoms with Gasteiger partial charge in [0.15, 0.2) is 5.82 Å². The van der Waals surface area contributed by atoms with Crippen molar-refractivity contribution in [2.45, 2.75) is 31.1 Å². The molecule has 198 valence electrons. The lowest BCUT2D eigenvalue weighted by molar-refractivity contribution is -0.172. The molecule has 1 amide bonds. The van der Waals surface area contributed by atoms with Crippen molar-refractivity contribution in [2.24, 2.45) is 11.0 Å². The molecule has 9 nitrogen and oxygen atoms in total. The maximum absolute atomic E-state index is 13.6. The van der Waals surface area contributed by atoms with Crippen LogP contribution in [0.15, 0.2) is 64.1 Å². The SMILES string of the molecule is C=C(c1nccn1/N=C(\C)c1c[nH]c(=O)[nH]c1=O)[C@H]1C[C@@H]1c1cccc(C(=O)N2CC(F)(F)C(F)(F)C2)c1. The van der Waals surface area contributed by atoms with Crippen molar-refractivity contribution in [3.63, 3.8) is 0 Å². The molecule has 3 heterocycles. The van der Waals surface area contributed by atoms with Crippen LogP contribution in [-0.4, -0.2) is 61.1 Å². The Kier molecular flexibility index (Phi) is 5.96. The number of benzene rings is 1. The van der Waals surface area contributed by atoms with Gasteiger partial charge in [-0.05, 0) is 48.4 Å².